The van der Waals surface area contributed by atoms with Crippen molar-refractivity contribution >= 4 is 17.7 Å². The molecule has 7 heteroatoms. The Hall–Kier alpha value is -4.39. The number of amides is 1. The molecule has 0 saturated carbocycles. The van der Waals surface area contributed by atoms with Gasteiger partial charge in [0.25, 0.3) is 5.91 Å². The third-order valence-corrected chi connectivity index (χ3v) is 4.99. The molecule has 0 saturated heterocycles. The van der Waals surface area contributed by atoms with Crippen LogP contribution in [0.4, 0.5) is 5.82 Å². The van der Waals surface area contributed by atoms with E-state index in [1.165, 1.54) is 0 Å². The van der Waals surface area contributed by atoms with Gasteiger partial charge in [-0.1, -0.05) is 48.0 Å². The first-order valence-corrected chi connectivity index (χ1v) is 10.4. The molecule has 0 aliphatic rings. The smallest absolute Gasteiger partial charge is 0.338 e. The van der Waals surface area contributed by atoms with Crippen LogP contribution in [-0.2, 0) is 9.53 Å². The highest BCUT2D eigenvalue weighted by atomic mass is 16.5. The summed E-state index contributed by atoms with van der Waals surface area (Å²) >= 11 is 0. The van der Waals surface area contributed by atoms with Gasteiger partial charge in [-0.2, -0.15) is 5.10 Å². The van der Waals surface area contributed by atoms with Crippen LogP contribution in [0.5, 0.6) is 5.75 Å². The van der Waals surface area contributed by atoms with Gasteiger partial charge in [-0.05, 0) is 43.3 Å². The Morgan fingerprint density at radius 1 is 0.939 bits per heavy atom. The first-order valence-electron chi connectivity index (χ1n) is 10.4. The zero-order valence-corrected chi connectivity index (χ0v) is 18.3. The van der Waals surface area contributed by atoms with Crippen LogP contribution >= 0.6 is 0 Å². The van der Waals surface area contributed by atoms with Crippen LogP contribution in [-0.4, -0.2) is 35.4 Å². The third kappa shape index (κ3) is 5.27. The Kier molecular flexibility index (Phi) is 6.50. The summed E-state index contributed by atoms with van der Waals surface area (Å²) in [5.41, 5.74) is 3.91. The van der Waals surface area contributed by atoms with Gasteiger partial charge in [0, 0.05) is 11.6 Å². The number of benzene rings is 3. The number of aromatic nitrogens is 2. The third-order valence-electron chi connectivity index (χ3n) is 4.99. The van der Waals surface area contributed by atoms with Crippen LogP contribution in [0.1, 0.15) is 15.9 Å². The summed E-state index contributed by atoms with van der Waals surface area (Å²) < 4.78 is 11.9. The van der Waals surface area contributed by atoms with Crippen molar-refractivity contribution in [1.82, 2.24) is 9.78 Å². The average molecular weight is 441 g/mol. The Morgan fingerprint density at radius 2 is 1.64 bits per heavy atom. The van der Waals surface area contributed by atoms with Gasteiger partial charge in [0.2, 0.25) is 0 Å². The summed E-state index contributed by atoms with van der Waals surface area (Å²) in [7, 11) is 1.54. The maximum Gasteiger partial charge on any atom is 0.338 e. The number of aryl methyl sites for hydroxylation is 1. The number of carbonyl (C=O) groups excluding carboxylic acids is 2. The molecular formula is C26H23N3O4. The summed E-state index contributed by atoms with van der Waals surface area (Å²) in [5, 5.41) is 7.47. The van der Waals surface area contributed by atoms with Crippen LogP contribution in [0.25, 0.3) is 16.9 Å². The Balaban J connectivity index is 1.50. The van der Waals surface area contributed by atoms with E-state index in [0.717, 1.165) is 16.8 Å². The van der Waals surface area contributed by atoms with Gasteiger partial charge in [-0.3, -0.25) is 4.79 Å². The van der Waals surface area contributed by atoms with E-state index in [9.17, 15) is 9.59 Å². The zero-order valence-electron chi connectivity index (χ0n) is 18.3. The SMILES string of the molecule is COc1ccc(C(=O)OCC(=O)Nc2cc(-c3ccc(C)cc3)nn2-c2ccccc2)cc1. The minimum absolute atomic E-state index is 0.333. The molecule has 7 nitrogen and oxygen atoms in total. The lowest BCUT2D eigenvalue weighted by Crippen LogP contribution is -2.22. The molecule has 1 N–H and O–H groups in total. The van der Waals surface area contributed by atoms with Crippen molar-refractivity contribution in [2.75, 3.05) is 19.0 Å². The Bertz CT molecular complexity index is 1250. The van der Waals surface area contributed by atoms with Gasteiger partial charge in [0.15, 0.2) is 6.61 Å². The second-order valence-corrected chi connectivity index (χ2v) is 7.38. The number of hydrogen-bond donors (Lipinski definition) is 1. The molecule has 0 fully saturated rings. The normalized spacial score (nSPS) is 10.5. The summed E-state index contributed by atoms with van der Waals surface area (Å²) in [5.74, 6) is 0.0410. The number of rotatable bonds is 7. The lowest BCUT2D eigenvalue weighted by molar-refractivity contribution is -0.119. The maximum atomic E-state index is 12.6. The summed E-state index contributed by atoms with van der Waals surface area (Å²) in [6.45, 7) is 1.59. The van der Waals surface area contributed by atoms with Gasteiger partial charge in [-0.15, -0.1) is 0 Å². The lowest BCUT2D eigenvalue weighted by atomic mass is 10.1. The number of nitrogens with zero attached hydrogens (tertiary/aromatic N) is 2. The Labute approximate surface area is 191 Å². The van der Waals surface area contributed by atoms with E-state index in [1.54, 1.807) is 42.1 Å². The van der Waals surface area contributed by atoms with E-state index >= 15 is 0 Å². The molecule has 1 heterocycles. The number of esters is 1. The zero-order chi connectivity index (χ0) is 23.2. The van der Waals surface area contributed by atoms with E-state index in [-0.39, 0.29) is 0 Å². The molecule has 33 heavy (non-hydrogen) atoms. The first kappa shape index (κ1) is 21.8. The standard InChI is InChI=1S/C26H23N3O4/c1-18-8-10-19(11-9-18)23-16-24(29(28-23)21-6-4-3-5-7-21)27-25(30)17-33-26(31)20-12-14-22(32-2)15-13-20/h3-16H,17H2,1-2H3,(H,27,30). The minimum Gasteiger partial charge on any atom is -0.497 e. The van der Waals surface area contributed by atoms with Gasteiger partial charge in [0.1, 0.15) is 11.6 Å². The second-order valence-electron chi connectivity index (χ2n) is 7.38. The van der Waals surface area contributed by atoms with Crippen LogP contribution in [0.15, 0.2) is 84.9 Å². The number of anilines is 1. The van der Waals surface area contributed by atoms with Crippen LogP contribution in [0.2, 0.25) is 0 Å². The average Bonchev–Trinajstić information content (AvgIpc) is 3.27. The van der Waals surface area contributed by atoms with Crippen molar-refractivity contribution in [3.05, 3.63) is 96.1 Å². The molecule has 0 unspecified atom stereocenters. The number of hydrogen-bond acceptors (Lipinski definition) is 5. The minimum atomic E-state index is -0.593. The highest BCUT2D eigenvalue weighted by Crippen LogP contribution is 2.25. The van der Waals surface area contributed by atoms with Crippen molar-refractivity contribution in [2.45, 2.75) is 6.92 Å². The van der Waals surface area contributed by atoms with Gasteiger partial charge in [0.05, 0.1) is 24.1 Å². The van der Waals surface area contributed by atoms with Crippen molar-refractivity contribution < 1.29 is 19.1 Å². The molecule has 0 radical (unpaired) electrons. The monoisotopic (exact) mass is 441 g/mol. The van der Waals surface area contributed by atoms with Crippen LogP contribution in [0, 0.1) is 6.92 Å². The van der Waals surface area contributed by atoms with Crippen molar-refractivity contribution in [1.29, 1.82) is 0 Å². The topological polar surface area (TPSA) is 82.4 Å². The van der Waals surface area contributed by atoms with Crippen LogP contribution in [0.3, 0.4) is 0 Å². The molecule has 0 atom stereocenters. The van der Waals surface area contributed by atoms with E-state index < -0.39 is 18.5 Å². The van der Waals surface area contributed by atoms with Crippen LogP contribution < -0.4 is 10.1 Å². The summed E-state index contributed by atoms with van der Waals surface area (Å²) in [6.07, 6.45) is 0. The van der Waals surface area contributed by atoms with Gasteiger partial charge in [-0.25, -0.2) is 9.48 Å². The fourth-order valence-electron chi connectivity index (χ4n) is 3.22. The molecule has 4 aromatic rings. The molecule has 3 aromatic carbocycles. The number of nitrogens with one attached hydrogen (secondary N) is 1. The van der Waals surface area contributed by atoms with E-state index in [2.05, 4.69) is 10.4 Å². The predicted molar refractivity (Wildman–Crippen MR) is 126 cm³/mol. The van der Waals surface area contributed by atoms with E-state index in [1.807, 2.05) is 61.5 Å². The van der Waals surface area contributed by atoms with E-state index in [4.69, 9.17) is 9.47 Å². The largest absolute Gasteiger partial charge is 0.497 e. The maximum absolute atomic E-state index is 12.6. The number of methoxy groups -OCH3 is 1. The number of carbonyl (C=O) groups is 2. The first-order chi connectivity index (χ1) is 16.0. The van der Waals surface area contributed by atoms with Gasteiger partial charge >= 0.3 is 5.97 Å². The van der Waals surface area contributed by atoms with Crippen molar-refractivity contribution in [3.8, 4) is 22.7 Å². The predicted octanol–water partition coefficient (Wildman–Crippen LogP) is 4.65. The molecule has 0 bridgehead atoms. The molecule has 166 valence electrons. The lowest BCUT2D eigenvalue weighted by Gasteiger charge is -2.09. The fourth-order valence-corrected chi connectivity index (χ4v) is 3.22. The molecule has 0 aliphatic heterocycles. The molecule has 4 rings (SSSR count). The fraction of sp³-hybridized carbons (Fsp3) is 0.115. The summed E-state index contributed by atoms with van der Waals surface area (Å²) in [4.78, 5) is 24.8. The Morgan fingerprint density at radius 3 is 2.30 bits per heavy atom. The van der Waals surface area contributed by atoms with Crippen molar-refractivity contribution in [2.24, 2.45) is 0 Å². The highest BCUT2D eigenvalue weighted by molar-refractivity contribution is 5.95. The van der Waals surface area contributed by atoms with Crippen molar-refractivity contribution in [3.63, 3.8) is 0 Å². The molecule has 0 aliphatic carbocycles. The quantitative estimate of drug-likeness (QED) is 0.422. The molecular weight excluding hydrogens is 418 g/mol. The summed E-state index contributed by atoms with van der Waals surface area (Å²) in [6, 6.07) is 25.7. The van der Waals surface area contributed by atoms with E-state index in [0.29, 0.717) is 22.8 Å². The molecule has 0 spiro atoms. The second kappa shape index (κ2) is 9.82. The van der Waals surface area contributed by atoms with Gasteiger partial charge < -0.3 is 14.8 Å². The molecule has 1 aromatic heterocycles. The number of ether oxygens (including phenoxy) is 2. The number of para-hydroxylation sites is 1. The molecule has 1 amide bonds. The highest BCUT2D eigenvalue weighted by Gasteiger charge is 2.16.